The maximum Gasteiger partial charge on any atom is 0.163 e. The minimum atomic E-state index is -0.795. The van der Waals surface area contributed by atoms with E-state index in [1.165, 1.54) is 0 Å². The fourth-order valence-corrected chi connectivity index (χ4v) is 1.62. The van der Waals surface area contributed by atoms with E-state index in [1.807, 2.05) is 0 Å². The van der Waals surface area contributed by atoms with E-state index in [0.29, 0.717) is 17.9 Å². The Bertz CT molecular complexity index is 361. The van der Waals surface area contributed by atoms with Gasteiger partial charge in [0.25, 0.3) is 0 Å². The Labute approximate surface area is 95.7 Å². The average Bonchev–Trinajstić information content (AvgIpc) is 2.23. The van der Waals surface area contributed by atoms with Gasteiger partial charge in [-0.3, -0.25) is 0 Å². The van der Waals surface area contributed by atoms with Gasteiger partial charge >= 0.3 is 0 Å². The number of rotatable bonds is 4. The number of benzene rings is 1. The van der Waals surface area contributed by atoms with E-state index in [4.69, 9.17) is 5.73 Å². The zero-order valence-electron chi connectivity index (χ0n) is 10.1. The molecule has 0 aliphatic rings. The Hall–Kier alpha value is -0.960. The Kier molecular flexibility index (Phi) is 4.42. The van der Waals surface area contributed by atoms with Crippen molar-refractivity contribution < 1.29 is 8.78 Å². The van der Waals surface area contributed by atoms with Crippen LogP contribution in [0.5, 0.6) is 0 Å². The molecule has 0 saturated heterocycles. The molecule has 3 heteroatoms. The van der Waals surface area contributed by atoms with E-state index in [-0.39, 0.29) is 5.56 Å². The van der Waals surface area contributed by atoms with Crippen molar-refractivity contribution in [1.82, 2.24) is 0 Å². The van der Waals surface area contributed by atoms with Gasteiger partial charge in [-0.25, -0.2) is 8.78 Å². The Morgan fingerprint density at radius 2 is 1.75 bits per heavy atom. The van der Waals surface area contributed by atoms with E-state index in [0.717, 1.165) is 6.42 Å². The molecule has 0 aliphatic carbocycles. The molecule has 0 aromatic heterocycles. The van der Waals surface area contributed by atoms with Gasteiger partial charge in [-0.15, -0.1) is 0 Å². The molecule has 0 fully saturated rings. The highest BCUT2D eigenvalue weighted by atomic mass is 19.2. The topological polar surface area (TPSA) is 26.0 Å². The number of hydrogen-bond acceptors (Lipinski definition) is 1. The Balaban J connectivity index is 2.84. The third-order valence-electron chi connectivity index (χ3n) is 2.76. The lowest BCUT2D eigenvalue weighted by molar-refractivity contribution is 0.460. The van der Waals surface area contributed by atoms with Gasteiger partial charge in [0.2, 0.25) is 0 Å². The van der Waals surface area contributed by atoms with Crippen LogP contribution in [0.25, 0.3) is 0 Å². The van der Waals surface area contributed by atoms with Gasteiger partial charge in [-0.1, -0.05) is 26.0 Å². The molecule has 1 rings (SSSR count). The summed E-state index contributed by atoms with van der Waals surface area (Å²) >= 11 is 0. The minimum absolute atomic E-state index is 0.281. The number of halogens is 2. The van der Waals surface area contributed by atoms with Crippen LogP contribution in [0.4, 0.5) is 8.78 Å². The van der Waals surface area contributed by atoms with Crippen molar-refractivity contribution in [1.29, 1.82) is 0 Å². The van der Waals surface area contributed by atoms with Crippen LogP contribution in [-0.4, -0.2) is 0 Å². The Morgan fingerprint density at radius 3 is 2.31 bits per heavy atom. The molecule has 2 N–H and O–H groups in total. The summed E-state index contributed by atoms with van der Waals surface area (Å²) in [5, 5.41) is 0. The first-order valence-corrected chi connectivity index (χ1v) is 5.63. The first-order chi connectivity index (χ1) is 7.43. The summed E-state index contributed by atoms with van der Waals surface area (Å²) in [6.45, 7) is 5.71. The molecule has 0 heterocycles. The van der Waals surface area contributed by atoms with Crippen molar-refractivity contribution in [2.24, 2.45) is 11.7 Å². The van der Waals surface area contributed by atoms with Gasteiger partial charge in [0.15, 0.2) is 11.6 Å². The van der Waals surface area contributed by atoms with Crippen molar-refractivity contribution >= 4 is 0 Å². The van der Waals surface area contributed by atoms with Crippen LogP contribution in [0, 0.1) is 24.5 Å². The smallest absolute Gasteiger partial charge is 0.163 e. The maximum absolute atomic E-state index is 13.6. The van der Waals surface area contributed by atoms with Crippen LogP contribution in [-0.2, 0) is 0 Å². The fraction of sp³-hybridized carbons (Fsp3) is 0.538. The molecule has 1 nitrogen and oxygen atoms in total. The van der Waals surface area contributed by atoms with Crippen LogP contribution in [0.3, 0.4) is 0 Å². The lowest BCUT2D eigenvalue weighted by Crippen LogP contribution is -2.14. The minimum Gasteiger partial charge on any atom is -0.324 e. The summed E-state index contributed by atoms with van der Waals surface area (Å²) in [6.07, 6.45) is 1.59. The van der Waals surface area contributed by atoms with E-state index < -0.39 is 17.7 Å². The zero-order chi connectivity index (χ0) is 12.3. The first-order valence-electron chi connectivity index (χ1n) is 5.63. The molecular weight excluding hydrogens is 208 g/mol. The normalized spacial score (nSPS) is 13.2. The van der Waals surface area contributed by atoms with Crippen LogP contribution < -0.4 is 5.73 Å². The molecule has 1 atom stereocenters. The van der Waals surface area contributed by atoms with Crippen molar-refractivity contribution in [3.8, 4) is 0 Å². The summed E-state index contributed by atoms with van der Waals surface area (Å²) in [4.78, 5) is 0. The summed E-state index contributed by atoms with van der Waals surface area (Å²) in [6, 6.07) is 2.74. The van der Waals surface area contributed by atoms with Crippen molar-refractivity contribution in [3.63, 3.8) is 0 Å². The second-order valence-corrected chi connectivity index (χ2v) is 4.68. The van der Waals surface area contributed by atoms with E-state index in [2.05, 4.69) is 13.8 Å². The highest BCUT2D eigenvalue weighted by Crippen LogP contribution is 2.24. The molecule has 16 heavy (non-hydrogen) atoms. The third-order valence-corrected chi connectivity index (χ3v) is 2.76. The summed E-state index contributed by atoms with van der Waals surface area (Å²) < 4.78 is 26.9. The van der Waals surface area contributed by atoms with Crippen molar-refractivity contribution in [2.75, 3.05) is 0 Å². The highest BCUT2D eigenvalue weighted by Gasteiger charge is 2.16. The largest absolute Gasteiger partial charge is 0.324 e. The van der Waals surface area contributed by atoms with Gasteiger partial charge < -0.3 is 5.73 Å². The molecule has 90 valence electrons. The van der Waals surface area contributed by atoms with Gasteiger partial charge in [-0.05, 0) is 31.2 Å². The first kappa shape index (κ1) is 13.1. The molecular formula is C13H19F2N. The van der Waals surface area contributed by atoms with E-state index >= 15 is 0 Å². The highest BCUT2D eigenvalue weighted by molar-refractivity contribution is 5.27. The van der Waals surface area contributed by atoms with E-state index in [9.17, 15) is 8.78 Å². The number of nitrogens with two attached hydrogens (primary N) is 1. The van der Waals surface area contributed by atoms with Crippen LogP contribution in [0.2, 0.25) is 0 Å². The molecule has 0 aliphatic heterocycles. The molecule has 1 aromatic rings. The summed E-state index contributed by atoms with van der Waals surface area (Å²) in [7, 11) is 0. The Morgan fingerprint density at radius 1 is 1.12 bits per heavy atom. The second kappa shape index (κ2) is 5.39. The van der Waals surface area contributed by atoms with Crippen molar-refractivity contribution in [2.45, 2.75) is 39.7 Å². The van der Waals surface area contributed by atoms with Gasteiger partial charge in [0, 0.05) is 11.6 Å². The lowest BCUT2D eigenvalue weighted by atomic mass is 9.97. The average molecular weight is 227 g/mol. The molecule has 0 radical (unpaired) electrons. The summed E-state index contributed by atoms with van der Waals surface area (Å²) in [5.41, 5.74) is 6.45. The van der Waals surface area contributed by atoms with Gasteiger partial charge in [0.1, 0.15) is 0 Å². The second-order valence-electron chi connectivity index (χ2n) is 4.68. The predicted octanol–water partition coefficient (Wildman–Crippen LogP) is 3.71. The van der Waals surface area contributed by atoms with Gasteiger partial charge in [-0.2, -0.15) is 0 Å². The third kappa shape index (κ3) is 3.01. The standard InChI is InChI=1S/C13H19F2N/c1-8(2)4-7-11(16)10-6-5-9(3)12(14)13(10)15/h5-6,8,11H,4,7,16H2,1-3H3/t11-/m1/s1. The molecule has 0 amide bonds. The monoisotopic (exact) mass is 227 g/mol. The van der Waals surface area contributed by atoms with Crippen LogP contribution >= 0.6 is 0 Å². The van der Waals surface area contributed by atoms with E-state index in [1.54, 1.807) is 19.1 Å². The van der Waals surface area contributed by atoms with Crippen molar-refractivity contribution in [3.05, 3.63) is 34.9 Å². The molecule has 0 spiro atoms. The molecule has 0 unspecified atom stereocenters. The predicted molar refractivity (Wildman–Crippen MR) is 62.1 cm³/mol. The quantitative estimate of drug-likeness (QED) is 0.833. The summed E-state index contributed by atoms with van der Waals surface area (Å²) in [5.74, 6) is -1.06. The van der Waals surface area contributed by atoms with Gasteiger partial charge in [0.05, 0.1) is 0 Å². The molecule has 1 aromatic carbocycles. The molecule has 0 saturated carbocycles. The SMILES string of the molecule is Cc1ccc([C@H](N)CCC(C)C)c(F)c1F. The zero-order valence-corrected chi connectivity index (χ0v) is 10.1. The lowest BCUT2D eigenvalue weighted by Gasteiger charge is -2.15. The number of aryl methyl sites for hydroxylation is 1. The maximum atomic E-state index is 13.6. The van der Waals surface area contributed by atoms with Crippen LogP contribution in [0.15, 0.2) is 12.1 Å². The fourth-order valence-electron chi connectivity index (χ4n) is 1.62. The van der Waals surface area contributed by atoms with Crippen LogP contribution in [0.1, 0.15) is 43.9 Å². The molecule has 0 bridgehead atoms. The number of hydrogen-bond donors (Lipinski definition) is 1.